The van der Waals surface area contributed by atoms with Crippen LogP contribution in [0.5, 0.6) is 0 Å². The molecular formula is C20H21Cl2N3. The number of hydrogen-bond donors (Lipinski definition) is 1. The molecule has 0 radical (unpaired) electrons. The third kappa shape index (κ3) is 5.08. The number of anilines is 1. The summed E-state index contributed by atoms with van der Waals surface area (Å²) in [7, 11) is 2.11. The molecule has 0 saturated carbocycles. The van der Waals surface area contributed by atoms with E-state index in [1.54, 1.807) is 0 Å². The number of aromatic nitrogens is 1. The maximum absolute atomic E-state index is 6.07. The Balaban J connectivity index is 1.44. The van der Waals surface area contributed by atoms with Gasteiger partial charge in [-0.1, -0.05) is 47.5 Å². The lowest BCUT2D eigenvalue weighted by Gasteiger charge is -2.17. The van der Waals surface area contributed by atoms with Crippen LogP contribution in [0, 0.1) is 0 Å². The fourth-order valence-electron chi connectivity index (χ4n) is 2.76. The van der Waals surface area contributed by atoms with Crippen LogP contribution in [-0.4, -0.2) is 30.0 Å². The van der Waals surface area contributed by atoms with E-state index in [9.17, 15) is 0 Å². The minimum absolute atomic E-state index is 0.597. The summed E-state index contributed by atoms with van der Waals surface area (Å²) in [5.41, 5.74) is 2.19. The second-order valence-electron chi connectivity index (χ2n) is 6.16. The minimum atomic E-state index is 0.597. The first kappa shape index (κ1) is 18.0. The Labute approximate surface area is 158 Å². The van der Waals surface area contributed by atoms with Crippen LogP contribution in [0.15, 0.2) is 54.6 Å². The third-order valence-electron chi connectivity index (χ3n) is 4.06. The zero-order chi connectivity index (χ0) is 17.6. The van der Waals surface area contributed by atoms with Crippen LogP contribution in [0.1, 0.15) is 12.0 Å². The number of fused-ring (bicyclic) bond motifs is 1. The normalized spacial score (nSPS) is 11.2. The molecule has 1 heterocycles. The summed E-state index contributed by atoms with van der Waals surface area (Å²) >= 11 is 12.0. The van der Waals surface area contributed by atoms with E-state index in [0.29, 0.717) is 10.0 Å². The monoisotopic (exact) mass is 373 g/mol. The van der Waals surface area contributed by atoms with Gasteiger partial charge in [0.05, 0.1) is 15.6 Å². The second-order valence-corrected chi connectivity index (χ2v) is 6.97. The highest BCUT2D eigenvalue weighted by Gasteiger charge is 2.04. The van der Waals surface area contributed by atoms with Crippen molar-refractivity contribution in [1.29, 1.82) is 0 Å². The third-order valence-corrected chi connectivity index (χ3v) is 4.80. The van der Waals surface area contributed by atoms with Crippen LogP contribution >= 0.6 is 23.2 Å². The van der Waals surface area contributed by atoms with Crippen LogP contribution < -0.4 is 5.32 Å². The minimum Gasteiger partial charge on any atom is -0.370 e. The number of para-hydroxylation sites is 1. The van der Waals surface area contributed by atoms with Gasteiger partial charge in [0.25, 0.3) is 0 Å². The first-order valence-electron chi connectivity index (χ1n) is 8.34. The van der Waals surface area contributed by atoms with Gasteiger partial charge in [0.1, 0.15) is 5.82 Å². The van der Waals surface area contributed by atoms with Crippen LogP contribution in [0.3, 0.4) is 0 Å². The van der Waals surface area contributed by atoms with Gasteiger partial charge in [-0.3, -0.25) is 0 Å². The van der Waals surface area contributed by atoms with Crippen LogP contribution in [-0.2, 0) is 6.54 Å². The van der Waals surface area contributed by atoms with Gasteiger partial charge < -0.3 is 10.2 Å². The van der Waals surface area contributed by atoms with Gasteiger partial charge in [-0.2, -0.15) is 0 Å². The van der Waals surface area contributed by atoms with E-state index in [-0.39, 0.29) is 0 Å². The molecule has 0 unspecified atom stereocenters. The number of rotatable bonds is 7. The topological polar surface area (TPSA) is 28.2 Å². The fourth-order valence-corrected chi connectivity index (χ4v) is 3.08. The molecule has 0 atom stereocenters. The van der Waals surface area contributed by atoms with Crippen molar-refractivity contribution in [3.05, 3.63) is 70.2 Å². The summed E-state index contributed by atoms with van der Waals surface area (Å²) in [5, 5.41) is 5.76. The van der Waals surface area contributed by atoms with Crippen molar-refractivity contribution < 1.29 is 0 Å². The molecule has 1 aromatic heterocycles. The van der Waals surface area contributed by atoms with Gasteiger partial charge in [0.15, 0.2) is 0 Å². The maximum Gasteiger partial charge on any atom is 0.126 e. The average molecular weight is 374 g/mol. The van der Waals surface area contributed by atoms with E-state index >= 15 is 0 Å². The van der Waals surface area contributed by atoms with Gasteiger partial charge in [-0.05, 0) is 55.9 Å². The molecule has 0 aliphatic heterocycles. The zero-order valence-electron chi connectivity index (χ0n) is 14.2. The molecule has 0 bridgehead atoms. The predicted octanol–water partition coefficient (Wildman–Crippen LogP) is 5.48. The van der Waals surface area contributed by atoms with Crippen molar-refractivity contribution in [2.75, 3.05) is 25.5 Å². The van der Waals surface area contributed by atoms with Crippen LogP contribution in [0.4, 0.5) is 5.82 Å². The van der Waals surface area contributed by atoms with E-state index in [1.807, 2.05) is 42.5 Å². The number of halogens is 2. The molecule has 0 spiro atoms. The Bertz CT molecular complexity index is 851. The standard InChI is InChI=1S/C20H21Cl2N3/c1-25(14-15-7-9-17(21)18(22)13-15)12-4-11-23-20-10-8-16-5-2-3-6-19(16)24-20/h2-3,5-10,13H,4,11-12,14H2,1H3,(H,23,24). The number of benzene rings is 2. The average Bonchev–Trinajstić information content (AvgIpc) is 2.62. The van der Waals surface area contributed by atoms with E-state index in [2.05, 4.69) is 34.4 Å². The number of hydrogen-bond acceptors (Lipinski definition) is 3. The molecule has 1 N–H and O–H groups in total. The molecular weight excluding hydrogens is 353 g/mol. The summed E-state index contributed by atoms with van der Waals surface area (Å²) in [6.07, 6.45) is 1.03. The highest BCUT2D eigenvalue weighted by molar-refractivity contribution is 6.42. The Morgan fingerprint density at radius 2 is 1.84 bits per heavy atom. The molecule has 0 amide bonds. The molecule has 3 aromatic rings. The Hall–Kier alpha value is -1.81. The molecule has 5 heteroatoms. The Morgan fingerprint density at radius 3 is 2.68 bits per heavy atom. The van der Waals surface area contributed by atoms with Gasteiger partial charge in [-0.15, -0.1) is 0 Å². The van der Waals surface area contributed by atoms with Gasteiger partial charge in [0.2, 0.25) is 0 Å². The molecule has 25 heavy (non-hydrogen) atoms. The smallest absolute Gasteiger partial charge is 0.126 e. The molecule has 130 valence electrons. The van der Waals surface area contributed by atoms with Crippen LogP contribution in [0.25, 0.3) is 10.9 Å². The van der Waals surface area contributed by atoms with Crippen molar-refractivity contribution in [1.82, 2.24) is 9.88 Å². The fraction of sp³-hybridized carbons (Fsp3) is 0.250. The van der Waals surface area contributed by atoms with E-state index < -0.39 is 0 Å². The van der Waals surface area contributed by atoms with Crippen molar-refractivity contribution in [3.8, 4) is 0 Å². The summed E-state index contributed by atoms with van der Waals surface area (Å²) < 4.78 is 0. The largest absolute Gasteiger partial charge is 0.370 e. The maximum atomic E-state index is 6.07. The van der Waals surface area contributed by atoms with Crippen molar-refractivity contribution in [2.45, 2.75) is 13.0 Å². The molecule has 2 aromatic carbocycles. The van der Waals surface area contributed by atoms with E-state index in [1.165, 1.54) is 5.56 Å². The first-order valence-corrected chi connectivity index (χ1v) is 9.09. The predicted molar refractivity (Wildman–Crippen MR) is 108 cm³/mol. The summed E-state index contributed by atoms with van der Waals surface area (Å²) in [5.74, 6) is 0.922. The molecule has 3 nitrogen and oxygen atoms in total. The molecule has 0 fully saturated rings. The van der Waals surface area contributed by atoms with E-state index in [0.717, 1.165) is 42.8 Å². The summed E-state index contributed by atoms with van der Waals surface area (Å²) in [6, 6.07) is 18.1. The number of pyridine rings is 1. The van der Waals surface area contributed by atoms with Crippen molar-refractivity contribution in [3.63, 3.8) is 0 Å². The highest BCUT2D eigenvalue weighted by Crippen LogP contribution is 2.23. The molecule has 0 aliphatic carbocycles. The molecule has 0 aliphatic rings. The van der Waals surface area contributed by atoms with Gasteiger partial charge in [0, 0.05) is 18.5 Å². The van der Waals surface area contributed by atoms with Crippen LogP contribution in [0.2, 0.25) is 10.0 Å². The lowest BCUT2D eigenvalue weighted by Crippen LogP contribution is -2.21. The lowest BCUT2D eigenvalue weighted by molar-refractivity contribution is 0.325. The lowest BCUT2D eigenvalue weighted by atomic mass is 10.2. The second kappa shape index (κ2) is 8.52. The zero-order valence-corrected chi connectivity index (χ0v) is 15.7. The quantitative estimate of drug-likeness (QED) is 0.556. The highest BCUT2D eigenvalue weighted by atomic mass is 35.5. The van der Waals surface area contributed by atoms with Gasteiger partial charge >= 0.3 is 0 Å². The summed E-state index contributed by atoms with van der Waals surface area (Å²) in [4.78, 5) is 6.90. The Morgan fingerprint density at radius 1 is 1.00 bits per heavy atom. The molecule has 0 saturated heterocycles. The SMILES string of the molecule is CN(CCCNc1ccc2ccccc2n1)Cc1ccc(Cl)c(Cl)c1. The van der Waals surface area contributed by atoms with Crippen molar-refractivity contribution in [2.24, 2.45) is 0 Å². The van der Waals surface area contributed by atoms with E-state index in [4.69, 9.17) is 23.2 Å². The number of nitrogens with zero attached hydrogens (tertiary/aromatic N) is 2. The molecule has 3 rings (SSSR count). The van der Waals surface area contributed by atoms with Crippen molar-refractivity contribution >= 4 is 39.9 Å². The van der Waals surface area contributed by atoms with Gasteiger partial charge in [-0.25, -0.2) is 4.98 Å². The Kier molecular flexibility index (Phi) is 6.14. The number of nitrogens with one attached hydrogen (secondary N) is 1. The first-order chi connectivity index (χ1) is 12.1. The summed E-state index contributed by atoms with van der Waals surface area (Å²) in [6.45, 7) is 2.73.